The van der Waals surface area contributed by atoms with Gasteiger partial charge >= 0.3 is 11.8 Å². The second kappa shape index (κ2) is 17.2. The number of H-pyrrole nitrogens is 1. The molecule has 2 N–H and O–H groups in total. The molecular formula is C44H47F3N6O6. The molecule has 9 rings (SSSR count). The summed E-state index contributed by atoms with van der Waals surface area (Å²) in [6.07, 6.45) is 18.7. The van der Waals surface area contributed by atoms with Gasteiger partial charge in [-0.3, -0.25) is 19.6 Å². The fraction of sp³-hybridized carbons (Fsp3) is 0.432. The predicted molar refractivity (Wildman–Crippen MR) is 218 cm³/mol. The standard InChI is InChI=1S/C29H25F2N5O5.C8H14FN.C7H8O/c1-4-19-22(30)8-5-15-9-18(37)10-20(23(15)19)25-24(31)26-21(11-32-25)27(34-28(38)33-26)35-12-16-6-7-17(13-35)36(16)29(39)41-14(2)40-3;1-8-3-2-4-10(8)6-7(9)5-8;8-6-7-4-2-1-3-5-7/h1,5,8-11,14,16-17,37H,6-7,12-13H2,2-3H3,(H,33,34,38);7H,2-6H2,1H3;2,4-6H,1,3H2/t;7-,8+;/m.1./s1. The molecule has 4 aromatic rings. The van der Waals surface area contributed by atoms with Gasteiger partial charge in [-0.2, -0.15) is 4.98 Å². The number of alkyl halides is 1. The zero-order valence-corrected chi connectivity index (χ0v) is 33.2. The number of methoxy groups -OCH3 is 1. The SMILES string of the molecule is C#Cc1c(F)ccc2cc(O)cc(-c3ncc4c(N5CC6CCC(C5)N6C(=O)OC(C)OC)nc(=O)[nH]c4c3F)c12.C[C@@]12CCCN1C[C@H](F)C2.O=CC1=CCCC=C1. The maximum absolute atomic E-state index is 16.2. The van der Waals surface area contributed by atoms with E-state index < -0.39 is 35.9 Å². The molecule has 2 aromatic heterocycles. The molecule has 2 bridgehead atoms. The van der Waals surface area contributed by atoms with E-state index >= 15 is 4.39 Å². The molecule has 5 atom stereocenters. The van der Waals surface area contributed by atoms with Gasteiger partial charge in [0.1, 0.15) is 35.5 Å². The van der Waals surface area contributed by atoms with Crippen LogP contribution < -0.4 is 10.6 Å². The lowest BCUT2D eigenvalue weighted by molar-refractivity contribution is -0.104. The van der Waals surface area contributed by atoms with Crippen molar-refractivity contribution in [2.75, 3.05) is 38.2 Å². The van der Waals surface area contributed by atoms with Crippen molar-refractivity contribution in [2.45, 2.75) is 88.9 Å². The normalized spacial score (nSPS) is 23.7. The van der Waals surface area contributed by atoms with Gasteiger partial charge in [-0.1, -0.05) is 30.2 Å². The van der Waals surface area contributed by atoms with Gasteiger partial charge in [0.25, 0.3) is 0 Å². The number of phenolic OH excluding ortho intramolecular Hbond substituents is 1. The van der Waals surface area contributed by atoms with Crippen LogP contribution in [0.4, 0.5) is 23.8 Å². The number of amides is 1. The Morgan fingerprint density at radius 1 is 1.17 bits per heavy atom. The fourth-order valence-corrected chi connectivity index (χ4v) is 9.00. The van der Waals surface area contributed by atoms with Gasteiger partial charge in [0.05, 0.1) is 28.6 Å². The van der Waals surface area contributed by atoms with Crippen molar-refractivity contribution in [1.29, 1.82) is 0 Å². The number of phenols is 1. The maximum atomic E-state index is 16.2. The van der Waals surface area contributed by atoms with Crippen LogP contribution in [-0.2, 0) is 14.3 Å². The van der Waals surface area contributed by atoms with Crippen molar-refractivity contribution in [3.63, 3.8) is 0 Å². The minimum atomic E-state index is -0.888. The Bertz CT molecular complexity index is 2420. The number of aldehydes is 1. The number of terminal acetylenes is 1. The zero-order valence-electron chi connectivity index (χ0n) is 33.2. The molecule has 15 heteroatoms. The highest BCUT2D eigenvalue weighted by molar-refractivity contribution is 6.03. The monoisotopic (exact) mass is 812 g/mol. The van der Waals surface area contributed by atoms with Gasteiger partial charge in [-0.15, -0.1) is 6.42 Å². The Kier molecular flexibility index (Phi) is 12.1. The highest BCUT2D eigenvalue weighted by atomic mass is 19.1. The van der Waals surface area contributed by atoms with Crippen molar-refractivity contribution in [3.8, 4) is 29.4 Å². The molecule has 0 saturated carbocycles. The maximum Gasteiger partial charge on any atom is 0.412 e. The van der Waals surface area contributed by atoms with Crippen LogP contribution in [0.15, 0.2) is 59.1 Å². The number of aromatic amines is 1. The van der Waals surface area contributed by atoms with Crippen molar-refractivity contribution in [3.05, 3.63) is 81.9 Å². The average Bonchev–Trinajstić information content (AvgIpc) is 3.82. The number of benzene rings is 2. The minimum absolute atomic E-state index is 0.0709. The van der Waals surface area contributed by atoms with E-state index in [4.69, 9.17) is 15.9 Å². The van der Waals surface area contributed by atoms with E-state index in [0.29, 0.717) is 25.0 Å². The van der Waals surface area contributed by atoms with Gasteiger partial charge in [0.15, 0.2) is 5.82 Å². The summed E-state index contributed by atoms with van der Waals surface area (Å²) in [5, 5.41) is 11.2. The molecule has 0 spiro atoms. The number of carbonyl (C=O) groups is 2. The quantitative estimate of drug-likeness (QED) is 0.124. The number of hydrogen-bond donors (Lipinski definition) is 2. The summed E-state index contributed by atoms with van der Waals surface area (Å²) in [5.41, 5.74) is -0.133. The molecule has 5 aliphatic rings. The Balaban J connectivity index is 0.000000239. The molecule has 4 saturated heterocycles. The van der Waals surface area contributed by atoms with E-state index in [1.807, 2.05) is 23.1 Å². The van der Waals surface area contributed by atoms with Gasteiger partial charge in [0.2, 0.25) is 6.29 Å². The third kappa shape index (κ3) is 8.42. The molecule has 1 aliphatic carbocycles. The lowest BCUT2D eigenvalue weighted by atomic mass is 9.96. The Labute approximate surface area is 339 Å². The molecule has 12 nitrogen and oxygen atoms in total. The molecule has 2 aromatic carbocycles. The molecule has 0 radical (unpaired) electrons. The lowest BCUT2D eigenvalue weighted by Gasteiger charge is -2.41. The van der Waals surface area contributed by atoms with Crippen LogP contribution in [0, 0.1) is 24.0 Å². The summed E-state index contributed by atoms with van der Waals surface area (Å²) < 4.78 is 54.0. The summed E-state index contributed by atoms with van der Waals surface area (Å²) in [6, 6.07) is 4.84. The minimum Gasteiger partial charge on any atom is -0.508 e. The predicted octanol–water partition coefficient (Wildman–Crippen LogP) is 6.93. The first-order valence-corrected chi connectivity index (χ1v) is 19.8. The van der Waals surface area contributed by atoms with E-state index in [2.05, 4.69) is 32.7 Å². The molecular weight excluding hydrogens is 766 g/mol. The third-order valence-electron chi connectivity index (χ3n) is 11.9. The molecule has 1 amide bonds. The van der Waals surface area contributed by atoms with Crippen molar-refractivity contribution >= 4 is 39.9 Å². The summed E-state index contributed by atoms with van der Waals surface area (Å²) in [5.74, 6) is 0.768. The number of piperazine rings is 1. The van der Waals surface area contributed by atoms with E-state index in [1.165, 1.54) is 50.4 Å². The van der Waals surface area contributed by atoms with Gasteiger partial charge in [0, 0.05) is 55.0 Å². The van der Waals surface area contributed by atoms with Crippen LogP contribution in [0.25, 0.3) is 32.9 Å². The zero-order chi connectivity index (χ0) is 42.0. The first-order chi connectivity index (χ1) is 28.3. The van der Waals surface area contributed by atoms with E-state index in [9.17, 15) is 28.3 Å². The van der Waals surface area contributed by atoms with E-state index in [1.54, 1.807) is 11.8 Å². The van der Waals surface area contributed by atoms with Crippen LogP contribution in [-0.4, -0.2) is 106 Å². The number of ether oxygens (including phenoxy) is 2. The summed E-state index contributed by atoms with van der Waals surface area (Å²) in [7, 11) is 1.45. The Morgan fingerprint density at radius 2 is 1.93 bits per heavy atom. The highest BCUT2D eigenvalue weighted by Gasteiger charge is 2.46. The number of aromatic hydroxyl groups is 1. The van der Waals surface area contributed by atoms with Crippen LogP contribution in [0.5, 0.6) is 5.75 Å². The van der Waals surface area contributed by atoms with Crippen LogP contribution in [0.3, 0.4) is 0 Å². The third-order valence-corrected chi connectivity index (χ3v) is 11.9. The number of aromatic nitrogens is 3. The largest absolute Gasteiger partial charge is 0.508 e. The Hall–Kier alpha value is -5.72. The number of nitrogens with zero attached hydrogens (tertiary/aromatic N) is 5. The highest BCUT2D eigenvalue weighted by Crippen LogP contribution is 2.40. The van der Waals surface area contributed by atoms with Crippen molar-refractivity contribution < 1.29 is 37.3 Å². The first kappa shape index (κ1) is 41.4. The van der Waals surface area contributed by atoms with Gasteiger partial charge < -0.3 is 24.5 Å². The number of nitrogens with one attached hydrogen (secondary N) is 1. The van der Waals surface area contributed by atoms with Gasteiger partial charge in [-0.05, 0) is 88.9 Å². The van der Waals surface area contributed by atoms with Crippen molar-refractivity contribution in [1.82, 2.24) is 24.8 Å². The van der Waals surface area contributed by atoms with Crippen LogP contribution in [0.2, 0.25) is 0 Å². The molecule has 4 fully saturated rings. The number of anilines is 1. The number of carbonyl (C=O) groups excluding carboxylic acids is 2. The summed E-state index contributed by atoms with van der Waals surface area (Å²) in [4.78, 5) is 52.2. The second-order valence-electron chi connectivity index (χ2n) is 15.8. The number of allylic oxidation sites excluding steroid dienone is 4. The number of hydrogen-bond acceptors (Lipinski definition) is 10. The molecule has 310 valence electrons. The average molecular weight is 813 g/mol. The number of fused-ring (bicyclic) bond motifs is 5. The fourth-order valence-electron chi connectivity index (χ4n) is 9.00. The first-order valence-electron chi connectivity index (χ1n) is 19.8. The lowest BCUT2D eigenvalue weighted by Crippen LogP contribution is -2.56. The van der Waals surface area contributed by atoms with E-state index in [0.717, 1.165) is 50.5 Å². The van der Waals surface area contributed by atoms with Gasteiger partial charge in [-0.25, -0.2) is 22.8 Å². The van der Waals surface area contributed by atoms with Crippen LogP contribution >= 0.6 is 0 Å². The van der Waals surface area contributed by atoms with Crippen molar-refractivity contribution in [2.24, 2.45) is 0 Å². The molecule has 6 heterocycles. The number of rotatable bonds is 5. The summed E-state index contributed by atoms with van der Waals surface area (Å²) in [6.45, 7) is 6.34. The smallest absolute Gasteiger partial charge is 0.412 e. The Morgan fingerprint density at radius 3 is 2.58 bits per heavy atom. The summed E-state index contributed by atoms with van der Waals surface area (Å²) >= 11 is 0. The number of pyridine rings is 1. The number of halogens is 3. The molecule has 3 unspecified atom stereocenters. The topological polar surface area (TPSA) is 141 Å². The molecule has 4 aliphatic heterocycles. The van der Waals surface area contributed by atoms with Crippen LogP contribution in [0.1, 0.15) is 64.4 Å². The molecule has 59 heavy (non-hydrogen) atoms. The second-order valence-corrected chi connectivity index (χ2v) is 15.8. The van der Waals surface area contributed by atoms with E-state index in [-0.39, 0.29) is 62.3 Å².